The number of hydroxylamine groups is 2. The van der Waals surface area contributed by atoms with Crippen molar-refractivity contribution in [3.63, 3.8) is 0 Å². The predicted molar refractivity (Wildman–Crippen MR) is 78.0 cm³/mol. The summed E-state index contributed by atoms with van der Waals surface area (Å²) in [5.74, 6) is 0.485. The highest BCUT2D eigenvalue weighted by Crippen LogP contribution is 2.38. The molecule has 2 aliphatic heterocycles. The third-order valence-corrected chi connectivity index (χ3v) is 4.43. The van der Waals surface area contributed by atoms with E-state index in [2.05, 4.69) is 11.6 Å². The summed E-state index contributed by atoms with van der Waals surface area (Å²) in [6.07, 6.45) is 9.99. The van der Waals surface area contributed by atoms with Crippen LogP contribution in [0.1, 0.15) is 51.9 Å². The van der Waals surface area contributed by atoms with E-state index in [1.807, 2.05) is 6.08 Å². The quantitative estimate of drug-likeness (QED) is 0.389. The average molecular weight is 281 g/mol. The van der Waals surface area contributed by atoms with Crippen LogP contribution in [-0.4, -0.2) is 36.3 Å². The van der Waals surface area contributed by atoms with Crippen LogP contribution in [0.2, 0.25) is 0 Å². The topological polar surface area (TPSA) is 38.8 Å². The van der Waals surface area contributed by atoms with Gasteiger partial charge in [0.05, 0.1) is 13.2 Å². The Labute approximate surface area is 122 Å². The Kier molecular flexibility index (Phi) is 6.05. The van der Waals surface area contributed by atoms with Gasteiger partial charge in [-0.3, -0.25) is 9.63 Å². The fourth-order valence-corrected chi connectivity index (χ4v) is 3.42. The van der Waals surface area contributed by atoms with Crippen LogP contribution in [-0.2, 0) is 14.4 Å². The SMILES string of the molecule is C=CCCC[C@@H]1CC[C@@H]2CON1[C@H]2CCCOC(C)=O. The zero-order valence-electron chi connectivity index (χ0n) is 12.6. The predicted octanol–water partition coefficient (Wildman–Crippen LogP) is 3.08. The Morgan fingerprint density at radius 1 is 1.40 bits per heavy atom. The number of rotatable bonds is 8. The molecule has 0 aromatic carbocycles. The maximum atomic E-state index is 10.8. The first-order chi connectivity index (χ1) is 9.72. The van der Waals surface area contributed by atoms with Crippen LogP contribution in [0.3, 0.4) is 0 Å². The average Bonchev–Trinajstić information content (AvgIpc) is 2.70. The van der Waals surface area contributed by atoms with Gasteiger partial charge in [0.1, 0.15) is 0 Å². The molecule has 20 heavy (non-hydrogen) atoms. The second-order valence-electron chi connectivity index (χ2n) is 5.92. The normalized spacial score (nSPS) is 32.0. The molecule has 0 aliphatic carbocycles. The number of hydrogen-bond donors (Lipinski definition) is 0. The summed E-state index contributed by atoms with van der Waals surface area (Å²) >= 11 is 0. The number of fused-ring (bicyclic) bond motifs is 2. The number of unbranched alkanes of at least 4 members (excludes halogenated alkanes) is 1. The van der Waals surface area contributed by atoms with Crippen LogP contribution in [0.25, 0.3) is 0 Å². The van der Waals surface area contributed by atoms with Crippen molar-refractivity contribution >= 4 is 5.97 Å². The van der Waals surface area contributed by atoms with Crippen molar-refractivity contribution in [3.05, 3.63) is 12.7 Å². The lowest BCUT2D eigenvalue weighted by Gasteiger charge is -2.37. The second-order valence-corrected chi connectivity index (χ2v) is 5.92. The Hall–Kier alpha value is -0.870. The van der Waals surface area contributed by atoms with Gasteiger partial charge in [0.2, 0.25) is 0 Å². The van der Waals surface area contributed by atoms with Crippen LogP contribution in [0, 0.1) is 5.92 Å². The van der Waals surface area contributed by atoms with E-state index in [0.717, 1.165) is 25.9 Å². The Morgan fingerprint density at radius 2 is 2.25 bits per heavy atom. The molecule has 114 valence electrons. The molecule has 0 aromatic rings. The molecule has 0 amide bonds. The molecule has 0 radical (unpaired) electrons. The number of carbonyl (C=O) groups is 1. The van der Waals surface area contributed by atoms with E-state index in [-0.39, 0.29) is 5.97 Å². The van der Waals surface area contributed by atoms with Crippen molar-refractivity contribution < 1.29 is 14.4 Å². The van der Waals surface area contributed by atoms with Crippen molar-refractivity contribution in [3.8, 4) is 0 Å². The molecule has 0 saturated carbocycles. The number of nitrogens with zero attached hydrogens (tertiary/aromatic N) is 1. The maximum Gasteiger partial charge on any atom is 0.302 e. The van der Waals surface area contributed by atoms with E-state index in [1.165, 1.54) is 32.6 Å². The lowest BCUT2D eigenvalue weighted by molar-refractivity contribution is -0.170. The number of carbonyl (C=O) groups excluding carboxylic acids is 1. The van der Waals surface area contributed by atoms with Gasteiger partial charge in [0, 0.05) is 24.9 Å². The zero-order chi connectivity index (χ0) is 14.4. The van der Waals surface area contributed by atoms with Gasteiger partial charge in [-0.25, -0.2) is 0 Å². The smallest absolute Gasteiger partial charge is 0.302 e. The Morgan fingerprint density at radius 3 is 3.00 bits per heavy atom. The highest BCUT2D eigenvalue weighted by Gasteiger charge is 2.42. The number of ether oxygens (including phenoxy) is 1. The first-order valence-corrected chi connectivity index (χ1v) is 7.88. The highest BCUT2D eigenvalue weighted by molar-refractivity contribution is 5.65. The minimum atomic E-state index is -0.185. The van der Waals surface area contributed by atoms with Gasteiger partial charge in [-0.1, -0.05) is 6.08 Å². The fraction of sp³-hybridized carbons (Fsp3) is 0.812. The summed E-state index contributed by atoms with van der Waals surface area (Å²) in [6.45, 7) is 6.65. The van der Waals surface area contributed by atoms with Crippen molar-refractivity contribution in [2.45, 2.75) is 64.0 Å². The highest BCUT2D eigenvalue weighted by atomic mass is 16.7. The summed E-state index contributed by atoms with van der Waals surface area (Å²) in [5.41, 5.74) is 0. The Balaban J connectivity index is 1.76. The molecule has 2 saturated heterocycles. The van der Waals surface area contributed by atoms with E-state index >= 15 is 0 Å². The maximum absolute atomic E-state index is 10.8. The van der Waals surface area contributed by atoms with Gasteiger partial charge in [-0.15, -0.1) is 6.58 Å². The molecule has 0 N–H and O–H groups in total. The van der Waals surface area contributed by atoms with Crippen LogP contribution >= 0.6 is 0 Å². The minimum absolute atomic E-state index is 0.185. The van der Waals surface area contributed by atoms with E-state index in [0.29, 0.717) is 24.6 Å². The monoisotopic (exact) mass is 281 g/mol. The molecule has 4 nitrogen and oxygen atoms in total. The molecule has 2 fully saturated rings. The summed E-state index contributed by atoms with van der Waals surface area (Å²) in [4.78, 5) is 16.7. The number of esters is 1. The molecule has 1 unspecified atom stereocenters. The lowest BCUT2D eigenvalue weighted by atomic mass is 9.85. The third-order valence-electron chi connectivity index (χ3n) is 4.43. The molecular formula is C16H27NO3. The van der Waals surface area contributed by atoms with Gasteiger partial charge in [0.15, 0.2) is 0 Å². The Bertz CT molecular complexity index is 332. The summed E-state index contributed by atoms with van der Waals surface area (Å²) in [6, 6.07) is 1.08. The van der Waals surface area contributed by atoms with Crippen LogP contribution in [0.15, 0.2) is 12.7 Å². The summed E-state index contributed by atoms with van der Waals surface area (Å²) in [5, 5.41) is 2.25. The molecular weight excluding hydrogens is 254 g/mol. The third kappa shape index (κ3) is 4.06. The number of hydrogen-bond acceptors (Lipinski definition) is 4. The molecule has 4 heteroatoms. The number of piperidine rings is 1. The van der Waals surface area contributed by atoms with Gasteiger partial charge in [0.25, 0.3) is 0 Å². The van der Waals surface area contributed by atoms with E-state index in [4.69, 9.17) is 9.57 Å². The van der Waals surface area contributed by atoms with Crippen LogP contribution in [0.5, 0.6) is 0 Å². The van der Waals surface area contributed by atoms with E-state index in [9.17, 15) is 4.79 Å². The first-order valence-electron chi connectivity index (χ1n) is 7.88. The van der Waals surface area contributed by atoms with Crippen molar-refractivity contribution in [2.24, 2.45) is 5.92 Å². The van der Waals surface area contributed by atoms with Gasteiger partial charge in [-0.2, -0.15) is 5.06 Å². The molecule has 2 bridgehead atoms. The van der Waals surface area contributed by atoms with Gasteiger partial charge >= 0.3 is 5.97 Å². The largest absolute Gasteiger partial charge is 0.466 e. The zero-order valence-corrected chi connectivity index (χ0v) is 12.6. The molecule has 2 rings (SSSR count). The molecule has 4 atom stereocenters. The summed E-state index contributed by atoms with van der Waals surface area (Å²) < 4.78 is 5.02. The summed E-state index contributed by atoms with van der Waals surface area (Å²) in [7, 11) is 0. The van der Waals surface area contributed by atoms with Crippen LogP contribution < -0.4 is 0 Å². The first kappa shape index (κ1) is 15.5. The van der Waals surface area contributed by atoms with Crippen molar-refractivity contribution in [1.29, 1.82) is 0 Å². The molecule has 0 aromatic heterocycles. The van der Waals surface area contributed by atoms with Crippen molar-refractivity contribution in [2.75, 3.05) is 13.2 Å². The number of allylic oxidation sites excluding steroid dienone is 1. The van der Waals surface area contributed by atoms with Crippen LogP contribution in [0.4, 0.5) is 0 Å². The minimum Gasteiger partial charge on any atom is -0.466 e. The fourth-order valence-electron chi connectivity index (χ4n) is 3.42. The molecule has 2 heterocycles. The standard InChI is InChI=1S/C16H27NO3/c1-3-4-5-7-15-10-9-14-12-20-17(15)16(14)8-6-11-19-13(2)18/h3,14-16H,1,4-12H2,2H3/t14-,15-,16+/m1/s1. The lowest BCUT2D eigenvalue weighted by Crippen LogP contribution is -2.44. The molecule has 2 aliphatic rings. The van der Waals surface area contributed by atoms with Gasteiger partial charge in [-0.05, 0) is 44.9 Å². The second kappa shape index (κ2) is 7.79. The van der Waals surface area contributed by atoms with Gasteiger partial charge < -0.3 is 4.74 Å². The van der Waals surface area contributed by atoms with E-state index in [1.54, 1.807) is 0 Å². The molecule has 0 spiro atoms. The van der Waals surface area contributed by atoms with Crippen molar-refractivity contribution in [1.82, 2.24) is 5.06 Å². The van der Waals surface area contributed by atoms with E-state index < -0.39 is 0 Å².